The van der Waals surface area contributed by atoms with Gasteiger partial charge in [0.1, 0.15) is 0 Å². The molecule has 2 atom stereocenters. The fourth-order valence-corrected chi connectivity index (χ4v) is 1.38. The Morgan fingerprint density at radius 2 is 1.83 bits per heavy atom. The molecule has 12 heavy (non-hydrogen) atoms. The summed E-state index contributed by atoms with van der Waals surface area (Å²) in [6, 6.07) is 0. The molecule has 1 saturated heterocycles. The highest BCUT2D eigenvalue weighted by molar-refractivity contribution is 5.78. The van der Waals surface area contributed by atoms with Crippen molar-refractivity contribution < 1.29 is 14.6 Å². The lowest BCUT2D eigenvalue weighted by Crippen LogP contribution is -2.00. The summed E-state index contributed by atoms with van der Waals surface area (Å²) in [7, 11) is 0. The fraction of sp³-hybridized carbons (Fsp3) is 0.667. The number of rotatable bonds is 1. The van der Waals surface area contributed by atoms with E-state index in [1.807, 2.05) is 0 Å². The highest BCUT2D eigenvalue weighted by Gasteiger charge is 2.39. The van der Waals surface area contributed by atoms with Gasteiger partial charge in [-0.1, -0.05) is 19.4 Å². The van der Waals surface area contributed by atoms with E-state index in [1.54, 1.807) is 0 Å². The van der Waals surface area contributed by atoms with E-state index in [0.717, 1.165) is 6.08 Å². The van der Waals surface area contributed by atoms with Crippen LogP contribution in [0.15, 0.2) is 12.7 Å². The van der Waals surface area contributed by atoms with Gasteiger partial charge in [0.25, 0.3) is 0 Å². The number of aliphatic carboxylic acids is 1. The monoisotopic (exact) mass is 170 g/mol. The lowest BCUT2D eigenvalue weighted by atomic mass is 10.0. The number of carboxylic acids is 1. The van der Waals surface area contributed by atoms with E-state index < -0.39 is 5.97 Å². The summed E-state index contributed by atoms with van der Waals surface area (Å²) >= 11 is 0. The predicted molar refractivity (Wildman–Crippen MR) is 45.0 cm³/mol. The molecule has 0 aromatic carbocycles. The third-order valence-corrected chi connectivity index (χ3v) is 2.09. The van der Waals surface area contributed by atoms with Crippen molar-refractivity contribution in [1.29, 1.82) is 0 Å². The molecule has 0 amide bonds. The highest BCUT2D eigenvalue weighted by atomic mass is 16.6. The van der Waals surface area contributed by atoms with E-state index in [9.17, 15) is 4.79 Å². The zero-order valence-electron chi connectivity index (χ0n) is 7.03. The number of carbonyl (C=O) groups is 1. The summed E-state index contributed by atoms with van der Waals surface area (Å²) < 4.78 is 5.28. The van der Waals surface area contributed by atoms with Gasteiger partial charge in [-0.25, -0.2) is 4.79 Å². The molecule has 0 radical (unpaired) electrons. The second kappa shape index (κ2) is 4.26. The molecule has 2 unspecified atom stereocenters. The summed E-state index contributed by atoms with van der Waals surface area (Å²) in [6.45, 7) is 2.96. The number of ether oxygens (including phenoxy) is 1. The smallest absolute Gasteiger partial charge is 0.327 e. The SMILES string of the molecule is C1CCC2OC2C1.C=CC(=O)O. The topological polar surface area (TPSA) is 49.8 Å². The third kappa shape index (κ3) is 3.05. The predicted octanol–water partition coefficient (Wildman–Crippen LogP) is 1.58. The van der Waals surface area contributed by atoms with E-state index in [2.05, 4.69) is 6.58 Å². The first kappa shape index (κ1) is 9.26. The lowest BCUT2D eigenvalue weighted by Gasteiger charge is -2.00. The Kier molecular flexibility index (Phi) is 3.29. The van der Waals surface area contributed by atoms with Crippen molar-refractivity contribution in [2.75, 3.05) is 0 Å². The molecule has 1 saturated carbocycles. The molecule has 0 aromatic heterocycles. The van der Waals surface area contributed by atoms with Crippen molar-refractivity contribution >= 4 is 5.97 Å². The second-order valence-electron chi connectivity index (χ2n) is 3.04. The van der Waals surface area contributed by atoms with Gasteiger partial charge in [-0.2, -0.15) is 0 Å². The zero-order valence-corrected chi connectivity index (χ0v) is 7.03. The average Bonchev–Trinajstić information content (AvgIpc) is 2.83. The highest BCUT2D eigenvalue weighted by Crippen LogP contribution is 2.35. The van der Waals surface area contributed by atoms with Crippen LogP contribution in [0.1, 0.15) is 25.7 Å². The Morgan fingerprint density at radius 1 is 1.42 bits per heavy atom. The molecule has 0 aromatic rings. The van der Waals surface area contributed by atoms with Crippen LogP contribution in [-0.4, -0.2) is 23.3 Å². The number of epoxide rings is 1. The van der Waals surface area contributed by atoms with Crippen molar-refractivity contribution in [1.82, 2.24) is 0 Å². The fourth-order valence-electron chi connectivity index (χ4n) is 1.38. The van der Waals surface area contributed by atoms with Gasteiger partial charge in [0.15, 0.2) is 0 Å². The van der Waals surface area contributed by atoms with Gasteiger partial charge in [-0.15, -0.1) is 0 Å². The van der Waals surface area contributed by atoms with E-state index in [-0.39, 0.29) is 0 Å². The van der Waals surface area contributed by atoms with Crippen LogP contribution < -0.4 is 0 Å². The van der Waals surface area contributed by atoms with Gasteiger partial charge in [0.2, 0.25) is 0 Å². The van der Waals surface area contributed by atoms with E-state index >= 15 is 0 Å². The third-order valence-electron chi connectivity index (χ3n) is 2.09. The van der Waals surface area contributed by atoms with Crippen molar-refractivity contribution in [2.45, 2.75) is 37.9 Å². The van der Waals surface area contributed by atoms with Gasteiger partial charge in [0, 0.05) is 6.08 Å². The standard InChI is InChI=1S/C6H10O.C3H4O2/c1-2-4-6-5(3-1)7-6;1-2-3(4)5/h5-6H,1-4H2;2H,1H2,(H,4,5). The van der Waals surface area contributed by atoms with Gasteiger partial charge in [-0.3, -0.25) is 0 Å². The Hall–Kier alpha value is -0.830. The van der Waals surface area contributed by atoms with E-state index in [4.69, 9.17) is 9.84 Å². The molecule has 1 aliphatic carbocycles. The van der Waals surface area contributed by atoms with Crippen LogP contribution in [0.4, 0.5) is 0 Å². The van der Waals surface area contributed by atoms with Crippen LogP contribution in [0.25, 0.3) is 0 Å². The molecule has 1 heterocycles. The summed E-state index contributed by atoms with van der Waals surface area (Å²) in [5.74, 6) is -0.981. The number of hydrogen-bond donors (Lipinski definition) is 1. The largest absolute Gasteiger partial charge is 0.478 e. The van der Waals surface area contributed by atoms with Crippen molar-refractivity contribution in [3.05, 3.63) is 12.7 Å². The molecule has 1 N–H and O–H groups in total. The van der Waals surface area contributed by atoms with Crippen LogP contribution in [0.3, 0.4) is 0 Å². The summed E-state index contributed by atoms with van der Waals surface area (Å²) in [5.41, 5.74) is 0. The minimum Gasteiger partial charge on any atom is -0.478 e. The lowest BCUT2D eigenvalue weighted by molar-refractivity contribution is -0.131. The summed E-state index contributed by atoms with van der Waals surface area (Å²) in [5, 5.41) is 7.60. The quantitative estimate of drug-likeness (QED) is 0.480. The van der Waals surface area contributed by atoms with Crippen LogP contribution in [0.2, 0.25) is 0 Å². The van der Waals surface area contributed by atoms with Gasteiger partial charge in [0.05, 0.1) is 12.2 Å². The van der Waals surface area contributed by atoms with Crippen LogP contribution >= 0.6 is 0 Å². The second-order valence-corrected chi connectivity index (χ2v) is 3.04. The molecule has 68 valence electrons. The van der Waals surface area contributed by atoms with Crippen molar-refractivity contribution in [3.63, 3.8) is 0 Å². The van der Waals surface area contributed by atoms with Gasteiger partial charge >= 0.3 is 5.97 Å². The molecule has 3 nitrogen and oxygen atoms in total. The van der Waals surface area contributed by atoms with Crippen LogP contribution in [0.5, 0.6) is 0 Å². The molecule has 2 rings (SSSR count). The minimum atomic E-state index is -0.981. The molecular weight excluding hydrogens is 156 g/mol. The first-order valence-corrected chi connectivity index (χ1v) is 4.25. The number of carboxylic acid groups (broad SMARTS) is 1. The molecule has 1 aliphatic heterocycles. The number of fused-ring (bicyclic) bond motifs is 1. The average molecular weight is 170 g/mol. The minimum absolute atomic E-state index is 0.703. The van der Waals surface area contributed by atoms with Crippen LogP contribution in [-0.2, 0) is 9.53 Å². The Morgan fingerprint density at radius 3 is 2.08 bits per heavy atom. The van der Waals surface area contributed by atoms with Gasteiger partial charge < -0.3 is 9.84 Å². The maximum absolute atomic E-state index is 9.25. The van der Waals surface area contributed by atoms with Crippen molar-refractivity contribution in [3.8, 4) is 0 Å². The normalized spacial score (nSPS) is 30.7. The first-order chi connectivity index (χ1) is 5.74. The van der Waals surface area contributed by atoms with E-state index in [1.165, 1.54) is 25.7 Å². The molecule has 2 fully saturated rings. The first-order valence-electron chi connectivity index (χ1n) is 4.25. The zero-order chi connectivity index (χ0) is 8.97. The summed E-state index contributed by atoms with van der Waals surface area (Å²) in [6.07, 6.45) is 7.72. The molecule has 0 bridgehead atoms. The van der Waals surface area contributed by atoms with Crippen molar-refractivity contribution in [2.24, 2.45) is 0 Å². The Balaban J connectivity index is 0.000000130. The molecule has 2 aliphatic rings. The van der Waals surface area contributed by atoms with Crippen LogP contribution in [0, 0.1) is 0 Å². The summed E-state index contributed by atoms with van der Waals surface area (Å²) in [4.78, 5) is 9.25. The maximum atomic E-state index is 9.25. The number of hydrogen-bond acceptors (Lipinski definition) is 2. The van der Waals surface area contributed by atoms with Gasteiger partial charge in [-0.05, 0) is 12.8 Å². The molecule has 0 spiro atoms. The molecule has 3 heteroatoms. The Labute approximate surface area is 72.0 Å². The Bertz CT molecular complexity index is 167. The maximum Gasteiger partial charge on any atom is 0.327 e. The van der Waals surface area contributed by atoms with E-state index in [0.29, 0.717) is 12.2 Å². The molecular formula is C9H14O3.